The molecule has 5 nitrogen and oxygen atoms in total. The Bertz CT molecular complexity index is 639. The minimum atomic E-state index is 0.390. The van der Waals surface area contributed by atoms with Gasteiger partial charge in [-0.05, 0) is 31.9 Å². The molecule has 0 spiro atoms. The van der Waals surface area contributed by atoms with Crippen LogP contribution < -0.4 is 0 Å². The summed E-state index contributed by atoms with van der Waals surface area (Å²) in [5.74, 6) is 0. The number of hydrogen-bond donors (Lipinski definition) is 0. The van der Waals surface area contributed by atoms with E-state index in [1.807, 2.05) is 22.9 Å². The van der Waals surface area contributed by atoms with E-state index in [0.29, 0.717) is 12.2 Å². The van der Waals surface area contributed by atoms with Gasteiger partial charge in [0.25, 0.3) is 0 Å². The van der Waals surface area contributed by atoms with E-state index in [4.69, 9.17) is 4.74 Å². The molecule has 5 heteroatoms. The molecule has 0 N–H and O–H groups in total. The molecule has 2 aliphatic heterocycles. The molecule has 2 aliphatic rings. The summed E-state index contributed by atoms with van der Waals surface area (Å²) in [4.78, 5) is 2.45. The zero-order chi connectivity index (χ0) is 14.9. The molecule has 0 aliphatic carbocycles. The van der Waals surface area contributed by atoms with Crippen LogP contribution in [-0.2, 0) is 17.7 Å². The maximum atomic E-state index is 5.94. The highest BCUT2D eigenvalue weighted by atomic mass is 16.5. The van der Waals surface area contributed by atoms with Crippen molar-refractivity contribution in [2.24, 2.45) is 0 Å². The van der Waals surface area contributed by atoms with Crippen molar-refractivity contribution in [1.82, 2.24) is 19.9 Å². The predicted molar refractivity (Wildman–Crippen MR) is 83.9 cm³/mol. The number of aromatic nitrogens is 3. The summed E-state index contributed by atoms with van der Waals surface area (Å²) in [5, 5.41) is 8.76. The topological polar surface area (TPSA) is 43.2 Å². The summed E-state index contributed by atoms with van der Waals surface area (Å²) < 4.78 is 7.93. The summed E-state index contributed by atoms with van der Waals surface area (Å²) >= 11 is 0. The quantitative estimate of drug-likeness (QED) is 0.871. The minimum Gasteiger partial charge on any atom is -0.374 e. The fourth-order valence-electron chi connectivity index (χ4n) is 3.50. The second-order valence-corrected chi connectivity index (χ2v) is 6.36. The predicted octanol–water partition coefficient (Wildman–Crippen LogP) is 2.19. The van der Waals surface area contributed by atoms with Crippen molar-refractivity contribution in [3.05, 3.63) is 41.7 Å². The Morgan fingerprint density at radius 2 is 2.09 bits per heavy atom. The van der Waals surface area contributed by atoms with Gasteiger partial charge in [0, 0.05) is 26.1 Å². The zero-order valence-corrected chi connectivity index (χ0v) is 13.0. The average Bonchev–Trinajstić information content (AvgIpc) is 3.14. The zero-order valence-electron chi connectivity index (χ0n) is 13.0. The molecular weight excluding hydrogens is 276 g/mol. The van der Waals surface area contributed by atoms with Crippen LogP contribution in [0, 0.1) is 0 Å². The Balaban J connectivity index is 1.47. The van der Waals surface area contributed by atoms with Crippen LogP contribution in [0.25, 0.3) is 5.69 Å². The Hall–Kier alpha value is -1.72. The van der Waals surface area contributed by atoms with E-state index in [1.54, 1.807) is 0 Å². The molecule has 1 fully saturated rings. The monoisotopic (exact) mass is 298 g/mol. The molecule has 1 saturated heterocycles. The van der Waals surface area contributed by atoms with Crippen LogP contribution in [0.1, 0.15) is 31.2 Å². The van der Waals surface area contributed by atoms with Gasteiger partial charge in [-0.25, -0.2) is 4.68 Å². The smallest absolute Gasteiger partial charge is 0.100 e. The van der Waals surface area contributed by atoms with E-state index in [1.165, 1.54) is 18.5 Å². The summed E-state index contributed by atoms with van der Waals surface area (Å²) in [5.41, 5.74) is 3.46. The van der Waals surface area contributed by atoms with Crippen LogP contribution >= 0.6 is 0 Å². The molecule has 0 bridgehead atoms. The lowest BCUT2D eigenvalue weighted by Gasteiger charge is -2.28. The van der Waals surface area contributed by atoms with Crippen molar-refractivity contribution in [2.45, 2.75) is 44.9 Å². The van der Waals surface area contributed by atoms with Crippen molar-refractivity contribution < 1.29 is 4.74 Å². The van der Waals surface area contributed by atoms with Crippen LogP contribution in [0.15, 0.2) is 30.3 Å². The second kappa shape index (κ2) is 5.82. The van der Waals surface area contributed by atoms with Gasteiger partial charge in [-0.2, -0.15) is 0 Å². The third kappa shape index (κ3) is 2.66. The van der Waals surface area contributed by atoms with E-state index in [2.05, 4.69) is 34.3 Å². The first-order chi connectivity index (χ1) is 10.8. The normalized spacial score (nSPS) is 25.3. The van der Waals surface area contributed by atoms with Crippen molar-refractivity contribution in [1.29, 1.82) is 0 Å². The highest BCUT2D eigenvalue weighted by molar-refractivity contribution is 5.33. The number of ether oxygens (including phenoxy) is 1. The van der Waals surface area contributed by atoms with E-state index in [-0.39, 0.29) is 0 Å². The third-order valence-corrected chi connectivity index (χ3v) is 4.66. The molecule has 0 amide bonds. The SMILES string of the molecule is CC1CCC(CN2CCc3c(nnn3-c3ccccc3)C2)O1. The Labute approximate surface area is 130 Å². The van der Waals surface area contributed by atoms with Crippen molar-refractivity contribution in [3.63, 3.8) is 0 Å². The van der Waals surface area contributed by atoms with Gasteiger partial charge in [0.2, 0.25) is 0 Å². The lowest BCUT2D eigenvalue weighted by atomic mass is 10.1. The molecular formula is C17H22N4O. The number of benzene rings is 1. The van der Waals surface area contributed by atoms with Crippen molar-refractivity contribution >= 4 is 0 Å². The van der Waals surface area contributed by atoms with E-state index in [0.717, 1.165) is 37.4 Å². The Morgan fingerprint density at radius 1 is 1.23 bits per heavy atom. The molecule has 2 atom stereocenters. The maximum absolute atomic E-state index is 5.94. The van der Waals surface area contributed by atoms with Crippen molar-refractivity contribution in [2.75, 3.05) is 13.1 Å². The van der Waals surface area contributed by atoms with E-state index < -0.39 is 0 Å². The van der Waals surface area contributed by atoms with Crippen LogP contribution in [0.3, 0.4) is 0 Å². The molecule has 2 unspecified atom stereocenters. The second-order valence-electron chi connectivity index (χ2n) is 6.36. The first-order valence-corrected chi connectivity index (χ1v) is 8.16. The van der Waals surface area contributed by atoms with Crippen LogP contribution in [0.5, 0.6) is 0 Å². The lowest BCUT2D eigenvalue weighted by molar-refractivity contribution is 0.0282. The fraction of sp³-hybridized carbons (Fsp3) is 0.529. The number of hydrogen-bond acceptors (Lipinski definition) is 4. The molecule has 3 heterocycles. The fourth-order valence-corrected chi connectivity index (χ4v) is 3.50. The molecule has 1 aromatic heterocycles. The summed E-state index contributed by atoms with van der Waals surface area (Å²) in [6.07, 6.45) is 4.18. The van der Waals surface area contributed by atoms with Gasteiger partial charge in [0.15, 0.2) is 0 Å². The Morgan fingerprint density at radius 3 is 2.86 bits per heavy atom. The standard InChI is InChI=1S/C17H22N4O/c1-13-7-8-15(22-13)11-20-10-9-17-16(12-20)18-19-21(17)14-5-3-2-4-6-14/h2-6,13,15H,7-12H2,1H3. The molecule has 116 valence electrons. The van der Waals surface area contributed by atoms with Gasteiger partial charge in [-0.3, -0.25) is 4.90 Å². The van der Waals surface area contributed by atoms with Gasteiger partial charge in [0.1, 0.15) is 5.69 Å². The highest BCUT2D eigenvalue weighted by Gasteiger charge is 2.28. The number of fused-ring (bicyclic) bond motifs is 1. The van der Waals surface area contributed by atoms with Gasteiger partial charge in [0.05, 0.1) is 23.6 Å². The minimum absolute atomic E-state index is 0.390. The van der Waals surface area contributed by atoms with Crippen molar-refractivity contribution in [3.8, 4) is 5.69 Å². The van der Waals surface area contributed by atoms with Gasteiger partial charge < -0.3 is 4.74 Å². The average molecular weight is 298 g/mol. The highest BCUT2D eigenvalue weighted by Crippen LogP contribution is 2.24. The molecule has 0 radical (unpaired) electrons. The summed E-state index contributed by atoms with van der Waals surface area (Å²) in [6.45, 7) is 5.12. The molecule has 22 heavy (non-hydrogen) atoms. The largest absolute Gasteiger partial charge is 0.374 e. The number of rotatable bonds is 3. The van der Waals surface area contributed by atoms with Gasteiger partial charge >= 0.3 is 0 Å². The van der Waals surface area contributed by atoms with Crippen LogP contribution in [0.2, 0.25) is 0 Å². The number of para-hydroxylation sites is 1. The Kier molecular flexibility index (Phi) is 3.68. The maximum Gasteiger partial charge on any atom is 0.100 e. The first-order valence-electron chi connectivity index (χ1n) is 8.16. The van der Waals surface area contributed by atoms with E-state index in [9.17, 15) is 0 Å². The number of nitrogens with zero attached hydrogens (tertiary/aromatic N) is 4. The first kappa shape index (κ1) is 13.9. The van der Waals surface area contributed by atoms with Gasteiger partial charge in [-0.15, -0.1) is 5.10 Å². The molecule has 0 saturated carbocycles. The van der Waals surface area contributed by atoms with Crippen LogP contribution in [-0.4, -0.2) is 45.2 Å². The molecule has 2 aromatic rings. The summed E-state index contributed by atoms with van der Waals surface area (Å²) in [6, 6.07) is 10.3. The molecule has 1 aromatic carbocycles. The third-order valence-electron chi connectivity index (χ3n) is 4.66. The van der Waals surface area contributed by atoms with E-state index >= 15 is 0 Å². The lowest BCUT2D eigenvalue weighted by Crippen LogP contribution is -2.37. The van der Waals surface area contributed by atoms with Gasteiger partial charge in [-0.1, -0.05) is 23.4 Å². The summed E-state index contributed by atoms with van der Waals surface area (Å²) in [7, 11) is 0. The molecule has 4 rings (SSSR count). The van der Waals surface area contributed by atoms with Crippen LogP contribution in [0.4, 0.5) is 0 Å².